The Bertz CT molecular complexity index is 181. The van der Waals surface area contributed by atoms with E-state index < -0.39 is 0 Å². The van der Waals surface area contributed by atoms with E-state index in [1.165, 1.54) is 38.8 Å². The van der Waals surface area contributed by atoms with Gasteiger partial charge < -0.3 is 10.2 Å². The first kappa shape index (κ1) is 10.4. The predicted octanol–water partition coefficient (Wildman–Crippen LogP) is 1.86. The van der Waals surface area contributed by atoms with Gasteiger partial charge in [0.15, 0.2) is 0 Å². The molecule has 3 unspecified atom stereocenters. The van der Waals surface area contributed by atoms with Crippen LogP contribution in [0.3, 0.4) is 0 Å². The molecule has 0 aromatic heterocycles. The summed E-state index contributed by atoms with van der Waals surface area (Å²) in [5.41, 5.74) is 0. The first-order chi connectivity index (χ1) is 6.79. The minimum Gasteiger partial charge on any atom is -0.314 e. The second-order valence-corrected chi connectivity index (χ2v) is 5.08. The fraction of sp³-hybridized carbons (Fsp3) is 1.00. The molecule has 0 amide bonds. The Morgan fingerprint density at radius 1 is 1.43 bits per heavy atom. The van der Waals surface area contributed by atoms with Crippen molar-refractivity contribution in [2.45, 2.75) is 51.6 Å². The van der Waals surface area contributed by atoms with E-state index >= 15 is 0 Å². The van der Waals surface area contributed by atoms with Crippen LogP contribution in [0.2, 0.25) is 0 Å². The summed E-state index contributed by atoms with van der Waals surface area (Å²) < 4.78 is 0. The van der Waals surface area contributed by atoms with Gasteiger partial charge in [0, 0.05) is 18.6 Å². The van der Waals surface area contributed by atoms with Crippen molar-refractivity contribution in [2.75, 3.05) is 19.6 Å². The molecule has 0 aromatic carbocycles. The maximum absolute atomic E-state index is 3.49. The van der Waals surface area contributed by atoms with Crippen LogP contribution in [0, 0.1) is 5.92 Å². The zero-order chi connectivity index (χ0) is 9.97. The first-order valence-corrected chi connectivity index (χ1v) is 6.27. The third-order valence-corrected chi connectivity index (χ3v) is 3.92. The van der Waals surface area contributed by atoms with E-state index in [0.717, 1.165) is 18.5 Å². The van der Waals surface area contributed by atoms with Crippen molar-refractivity contribution < 1.29 is 0 Å². The molecule has 1 N–H and O–H groups in total. The smallest absolute Gasteiger partial charge is 0.00986 e. The molecular weight excluding hydrogens is 172 g/mol. The molecule has 1 aliphatic carbocycles. The molecule has 2 rings (SSSR count). The molecule has 14 heavy (non-hydrogen) atoms. The number of rotatable bonds is 5. The van der Waals surface area contributed by atoms with Crippen LogP contribution in [0.1, 0.15) is 39.5 Å². The van der Waals surface area contributed by atoms with Gasteiger partial charge in [0.05, 0.1) is 0 Å². The van der Waals surface area contributed by atoms with E-state index in [1.807, 2.05) is 0 Å². The van der Waals surface area contributed by atoms with Crippen molar-refractivity contribution in [1.82, 2.24) is 10.2 Å². The minimum atomic E-state index is 0.694. The Hall–Kier alpha value is -0.0800. The number of hydrogen-bond donors (Lipinski definition) is 1. The van der Waals surface area contributed by atoms with Gasteiger partial charge >= 0.3 is 0 Å². The number of piperidine rings is 1. The second-order valence-electron chi connectivity index (χ2n) is 5.08. The predicted molar refractivity (Wildman–Crippen MR) is 60.5 cm³/mol. The van der Waals surface area contributed by atoms with Gasteiger partial charge in [0.1, 0.15) is 0 Å². The molecular formula is C12H24N2. The van der Waals surface area contributed by atoms with Gasteiger partial charge in [-0.3, -0.25) is 0 Å². The molecule has 2 bridgehead atoms. The SMILES string of the molecule is CCNC(C)CCN1CC2CCC1C2. The summed E-state index contributed by atoms with van der Waals surface area (Å²) in [7, 11) is 0. The van der Waals surface area contributed by atoms with Gasteiger partial charge in [0.25, 0.3) is 0 Å². The quantitative estimate of drug-likeness (QED) is 0.722. The topological polar surface area (TPSA) is 15.3 Å². The number of hydrogen-bond acceptors (Lipinski definition) is 2. The van der Waals surface area contributed by atoms with Gasteiger partial charge in [-0.2, -0.15) is 0 Å². The first-order valence-electron chi connectivity index (χ1n) is 6.27. The van der Waals surface area contributed by atoms with Gasteiger partial charge in [-0.15, -0.1) is 0 Å². The number of likely N-dealkylation sites (tertiary alicyclic amines) is 1. The molecule has 2 fully saturated rings. The van der Waals surface area contributed by atoms with Crippen LogP contribution in [-0.4, -0.2) is 36.6 Å². The zero-order valence-electron chi connectivity index (χ0n) is 9.63. The molecule has 3 atom stereocenters. The Morgan fingerprint density at radius 2 is 2.29 bits per heavy atom. The molecule has 1 heterocycles. The van der Waals surface area contributed by atoms with Crippen molar-refractivity contribution in [3.05, 3.63) is 0 Å². The van der Waals surface area contributed by atoms with E-state index in [-0.39, 0.29) is 0 Å². The molecule has 0 aromatic rings. The summed E-state index contributed by atoms with van der Waals surface area (Å²) >= 11 is 0. The normalized spacial score (nSPS) is 33.9. The maximum atomic E-state index is 3.49. The van der Waals surface area contributed by atoms with E-state index in [1.54, 1.807) is 0 Å². The lowest BCUT2D eigenvalue weighted by Crippen LogP contribution is -2.36. The Morgan fingerprint density at radius 3 is 2.86 bits per heavy atom. The summed E-state index contributed by atoms with van der Waals surface area (Å²) in [4.78, 5) is 2.72. The standard InChI is InChI=1S/C12H24N2/c1-3-13-10(2)6-7-14-9-11-4-5-12(14)8-11/h10-13H,3-9H2,1-2H3. The zero-order valence-corrected chi connectivity index (χ0v) is 9.63. The van der Waals surface area contributed by atoms with E-state index in [4.69, 9.17) is 0 Å². The highest BCUT2D eigenvalue weighted by molar-refractivity contribution is 4.92. The minimum absolute atomic E-state index is 0.694. The van der Waals surface area contributed by atoms with Gasteiger partial charge in [0.2, 0.25) is 0 Å². The third-order valence-electron chi connectivity index (χ3n) is 3.92. The lowest BCUT2D eigenvalue weighted by molar-refractivity contribution is 0.204. The Kier molecular flexibility index (Phi) is 3.45. The molecule has 1 saturated heterocycles. The highest BCUT2D eigenvalue weighted by Gasteiger charge is 2.37. The van der Waals surface area contributed by atoms with Crippen LogP contribution >= 0.6 is 0 Å². The monoisotopic (exact) mass is 196 g/mol. The van der Waals surface area contributed by atoms with E-state index in [0.29, 0.717) is 6.04 Å². The van der Waals surface area contributed by atoms with Crippen LogP contribution < -0.4 is 5.32 Å². The maximum Gasteiger partial charge on any atom is 0.00986 e. The molecule has 2 heteroatoms. The van der Waals surface area contributed by atoms with Crippen LogP contribution in [0.4, 0.5) is 0 Å². The summed E-state index contributed by atoms with van der Waals surface area (Å²) in [6.45, 7) is 8.30. The summed E-state index contributed by atoms with van der Waals surface area (Å²) in [5, 5.41) is 3.49. The highest BCUT2D eigenvalue weighted by atomic mass is 15.2. The fourth-order valence-electron chi connectivity index (χ4n) is 3.11. The van der Waals surface area contributed by atoms with Crippen LogP contribution in [0.25, 0.3) is 0 Å². The average molecular weight is 196 g/mol. The summed E-state index contributed by atoms with van der Waals surface area (Å²) in [6, 6.07) is 1.65. The molecule has 0 spiro atoms. The lowest BCUT2D eigenvalue weighted by Gasteiger charge is -2.27. The molecule has 2 aliphatic rings. The largest absolute Gasteiger partial charge is 0.314 e. The fourth-order valence-corrected chi connectivity index (χ4v) is 3.11. The third kappa shape index (κ3) is 2.29. The molecule has 2 nitrogen and oxygen atoms in total. The lowest BCUT2D eigenvalue weighted by atomic mass is 10.1. The van der Waals surface area contributed by atoms with Crippen molar-refractivity contribution >= 4 is 0 Å². The van der Waals surface area contributed by atoms with Gasteiger partial charge in [-0.05, 0) is 51.6 Å². The van der Waals surface area contributed by atoms with Crippen LogP contribution in [0.15, 0.2) is 0 Å². The van der Waals surface area contributed by atoms with Crippen LogP contribution in [-0.2, 0) is 0 Å². The molecule has 82 valence electrons. The van der Waals surface area contributed by atoms with Gasteiger partial charge in [-0.1, -0.05) is 6.92 Å². The molecule has 1 aliphatic heterocycles. The number of nitrogens with zero attached hydrogens (tertiary/aromatic N) is 1. The average Bonchev–Trinajstić information content (AvgIpc) is 2.76. The molecule has 0 radical (unpaired) electrons. The van der Waals surface area contributed by atoms with Gasteiger partial charge in [-0.25, -0.2) is 0 Å². The van der Waals surface area contributed by atoms with Crippen LogP contribution in [0.5, 0.6) is 0 Å². The second kappa shape index (κ2) is 4.63. The highest BCUT2D eigenvalue weighted by Crippen LogP contribution is 2.37. The van der Waals surface area contributed by atoms with Crippen molar-refractivity contribution in [3.8, 4) is 0 Å². The summed E-state index contributed by atoms with van der Waals surface area (Å²) in [6.07, 6.45) is 5.79. The van der Waals surface area contributed by atoms with Crippen molar-refractivity contribution in [2.24, 2.45) is 5.92 Å². The van der Waals surface area contributed by atoms with E-state index in [2.05, 4.69) is 24.1 Å². The van der Waals surface area contributed by atoms with Crippen molar-refractivity contribution in [3.63, 3.8) is 0 Å². The Balaban J connectivity index is 1.66. The number of fused-ring (bicyclic) bond motifs is 2. The van der Waals surface area contributed by atoms with Crippen molar-refractivity contribution in [1.29, 1.82) is 0 Å². The Labute approximate surface area is 88.1 Å². The molecule has 1 saturated carbocycles. The van der Waals surface area contributed by atoms with E-state index in [9.17, 15) is 0 Å². The number of nitrogens with one attached hydrogen (secondary N) is 1. The summed E-state index contributed by atoms with van der Waals surface area (Å²) in [5.74, 6) is 1.05.